The van der Waals surface area contributed by atoms with Crippen molar-refractivity contribution in [3.63, 3.8) is 0 Å². The standard InChI is InChI=1S/C12H12F2N4O3/c1-3-15-6(2)11-16-17-12(21-11)8-4-7(13)5-9(10(8)14)18(19)20/h4-6,15H,3H2,1-2H3. The lowest BCUT2D eigenvalue weighted by Crippen LogP contribution is -2.17. The molecule has 1 heterocycles. The third-order valence-electron chi connectivity index (χ3n) is 2.77. The Morgan fingerprint density at radius 3 is 2.76 bits per heavy atom. The van der Waals surface area contributed by atoms with Crippen LogP contribution in [0.25, 0.3) is 11.5 Å². The first-order chi connectivity index (χ1) is 9.93. The Bertz CT molecular complexity index is 675. The number of nitrogens with zero attached hydrogens (tertiary/aromatic N) is 3. The van der Waals surface area contributed by atoms with E-state index < -0.39 is 27.8 Å². The van der Waals surface area contributed by atoms with E-state index in [0.717, 1.165) is 6.07 Å². The monoisotopic (exact) mass is 298 g/mol. The molecule has 0 saturated heterocycles. The summed E-state index contributed by atoms with van der Waals surface area (Å²) in [5.41, 5.74) is -1.42. The first-order valence-corrected chi connectivity index (χ1v) is 6.14. The molecule has 21 heavy (non-hydrogen) atoms. The van der Waals surface area contributed by atoms with Crippen molar-refractivity contribution in [2.75, 3.05) is 6.54 Å². The molecule has 1 aromatic heterocycles. The number of nitro benzene ring substituents is 1. The Morgan fingerprint density at radius 2 is 2.14 bits per heavy atom. The lowest BCUT2D eigenvalue weighted by atomic mass is 10.2. The van der Waals surface area contributed by atoms with E-state index in [1.807, 2.05) is 6.92 Å². The lowest BCUT2D eigenvalue weighted by Gasteiger charge is -2.05. The average molecular weight is 298 g/mol. The number of hydrogen-bond donors (Lipinski definition) is 1. The molecule has 1 unspecified atom stereocenters. The summed E-state index contributed by atoms with van der Waals surface area (Å²) in [6.07, 6.45) is 0. The molecule has 0 amide bonds. The van der Waals surface area contributed by atoms with Crippen LogP contribution in [0.15, 0.2) is 16.5 Å². The van der Waals surface area contributed by atoms with Crippen LogP contribution in [-0.2, 0) is 0 Å². The molecule has 0 aliphatic heterocycles. The molecule has 0 aliphatic rings. The molecule has 1 N–H and O–H groups in total. The molecule has 112 valence electrons. The second kappa shape index (κ2) is 5.92. The fraction of sp³-hybridized carbons (Fsp3) is 0.333. The topological polar surface area (TPSA) is 94.1 Å². The summed E-state index contributed by atoms with van der Waals surface area (Å²) in [5.74, 6) is -2.31. The number of rotatable bonds is 5. The Kier molecular flexibility index (Phi) is 4.22. The van der Waals surface area contributed by atoms with Crippen LogP contribution in [0.5, 0.6) is 0 Å². The Morgan fingerprint density at radius 1 is 1.43 bits per heavy atom. The van der Waals surface area contributed by atoms with Crippen LogP contribution in [0.2, 0.25) is 0 Å². The number of nitrogens with one attached hydrogen (secondary N) is 1. The zero-order valence-electron chi connectivity index (χ0n) is 11.3. The molecule has 0 radical (unpaired) electrons. The van der Waals surface area contributed by atoms with E-state index in [4.69, 9.17) is 4.42 Å². The van der Waals surface area contributed by atoms with Crippen molar-refractivity contribution in [1.29, 1.82) is 0 Å². The van der Waals surface area contributed by atoms with Gasteiger partial charge in [0.25, 0.3) is 5.89 Å². The van der Waals surface area contributed by atoms with Gasteiger partial charge in [0.15, 0.2) is 0 Å². The second-order valence-electron chi connectivity index (χ2n) is 4.27. The first kappa shape index (κ1) is 15.0. The molecule has 1 atom stereocenters. The van der Waals surface area contributed by atoms with Crippen LogP contribution in [-0.4, -0.2) is 21.7 Å². The molecule has 2 aromatic rings. The first-order valence-electron chi connectivity index (χ1n) is 6.14. The number of nitro groups is 1. The van der Waals surface area contributed by atoms with Gasteiger partial charge < -0.3 is 9.73 Å². The van der Waals surface area contributed by atoms with E-state index in [9.17, 15) is 18.9 Å². The van der Waals surface area contributed by atoms with Crippen molar-refractivity contribution in [3.8, 4) is 11.5 Å². The molecular weight excluding hydrogens is 286 g/mol. The maximum atomic E-state index is 14.0. The number of halogens is 2. The van der Waals surface area contributed by atoms with Gasteiger partial charge in [0.1, 0.15) is 5.82 Å². The largest absolute Gasteiger partial charge is 0.419 e. The highest BCUT2D eigenvalue weighted by Gasteiger charge is 2.25. The SMILES string of the molecule is CCNC(C)c1nnc(-c2cc(F)cc([N+](=O)[O-])c2F)o1. The molecule has 0 fully saturated rings. The summed E-state index contributed by atoms with van der Waals surface area (Å²) in [6, 6.07) is 0.998. The molecule has 9 heteroatoms. The highest BCUT2D eigenvalue weighted by atomic mass is 19.1. The summed E-state index contributed by atoms with van der Waals surface area (Å²) in [4.78, 5) is 9.66. The third kappa shape index (κ3) is 3.02. The van der Waals surface area contributed by atoms with Gasteiger partial charge in [-0.2, -0.15) is 4.39 Å². The fourth-order valence-electron chi connectivity index (χ4n) is 1.78. The zero-order chi connectivity index (χ0) is 15.6. The highest BCUT2D eigenvalue weighted by Crippen LogP contribution is 2.30. The summed E-state index contributed by atoms with van der Waals surface area (Å²) < 4.78 is 32.6. The number of benzene rings is 1. The van der Waals surface area contributed by atoms with Gasteiger partial charge in [-0.3, -0.25) is 10.1 Å². The number of hydrogen-bond acceptors (Lipinski definition) is 6. The van der Waals surface area contributed by atoms with Crippen molar-refractivity contribution in [1.82, 2.24) is 15.5 Å². The number of aromatic nitrogens is 2. The van der Waals surface area contributed by atoms with Crippen molar-refractivity contribution in [2.24, 2.45) is 0 Å². The van der Waals surface area contributed by atoms with Crippen molar-refractivity contribution in [2.45, 2.75) is 19.9 Å². The van der Waals surface area contributed by atoms with Crippen LogP contribution < -0.4 is 5.32 Å². The van der Waals surface area contributed by atoms with E-state index in [2.05, 4.69) is 15.5 Å². The van der Waals surface area contributed by atoms with Crippen molar-refractivity contribution >= 4 is 5.69 Å². The molecule has 0 saturated carbocycles. The highest BCUT2D eigenvalue weighted by molar-refractivity contribution is 5.59. The summed E-state index contributed by atoms with van der Waals surface area (Å²) >= 11 is 0. The summed E-state index contributed by atoms with van der Waals surface area (Å²) in [6.45, 7) is 4.28. The maximum Gasteiger partial charge on any atom is 0.308 e. The molecule has 0 aliphatic carbocycles. The van der Waals surface area contributed by atoms with Crippen LogP contribution in [0.4, 0.5) is 14.5 Å². The summed E-state index contributed by atoms with van der Waals surface area (Å²) in [7, 11) is 0. The van der Waals surface area contributed by atoms with Crippen molar-refractivity contribution in [3.05, 3.63) is 39.8 Å². The predicted octanol–water partition coefficient (Wildman–Crippen LogP) is 2.59. The van der Waals surface area contributed by atoms with Crippen LogP contribution in [0.3, 0.4) is 0 Å². The quantitative estimate of drug-likeness (QED) is 0.673. The lowest BCUT2D eigenvalue weighted by molar-refractivity contribution is -0.387. The normalized spacial score (nSPS) is 12.4. The molecule has 2 rings (SSSR count). The zero-order valence-corrected chi connectivity index (χ0v) is 11.3. The van der Waals surface area contributed by atoms with Gasteiger partial charge in [0.05, 0.1) is 22.6 Å². The van der Waals surface area contributed by atoms with E-state index in [1.54, 1.807) is 6.92 Å². The molecule has 1 aromatic carbocycles. The van der Waals surface area contributed by atoms with E-state index in [0.29, 0.717) is 12.6 Å². The Labute approximate surface area is 118 Å². The van der Waals surface area contributed by atoms with Gasteiger partial charge >= 0.3 is 5.69 Å². The molecule has 7 nitrogen and oxygen atoms in total. The van der Waals surface area contributed by atoms with E-state index in [-0.39, 0.29) is 17.8 Å². The van der Waals surface area contributed by atoms with Crippen molar-refractivity contribution < 1.29 is 18.1 Å². The minimum absolute atomic E-state index is 0.179. The van der Waals surface area contributed by atoms with E-state index >= 15 is 0 Å². The predicted molar refractivity (Wildman–Crippen MR) is 68.4 cm³/mol. The smallest absolute Gasteiger partial charge is 0.308 e. The van der Waals surface area contributed by atoms with Gasteiger partial charge in [0, 0.05) is 0 Å². The second-order valence-corrected chi connectivity index (χ2v) is 4.27. The minimum Gasteiger partial charge on any atom is -0.419 e. The average Bonchev–Trinajstić information content (AvgIpc) is 2.90. The van der Waals surface area contributed by atoms with Gasteiger partial charge in [-0.25, -0.2) is 4.39 Å². The van der Waals surface area contributed by atoms with E-state index in [1.165, 1.54) is 0 Å². The van der Waals surface area contributed by atoms with Crippen LogP contribution >= 0.6 is 0 Å². The Hall–Kier alpha value is -2.42. The molecular formula is C12H12F2N4O3. The summed E-state index contributed by atoms with van der Waals surface area (Å²) in [5, 5.41) is 21.0. The van der Waals surface area contributed by atoms with Gasteiger partial charge in [0.2, 0.25) is 11.7 Å². The third-order valence-corrected chi connectivity index (χ3v) is 2.77. The maximum absolute atomic E-state index is 14.0. The van der Waals surface area contributed by atoms with Crippen LogP contribution in [0, 0.1) is 21.7 Å². The Balaban J connectivity index is 2.45. The fourth-order valence-corrected chi connectivity index (χ4v) is 1.78. The van der Waals surface area contributed by atoms with Gasteiger partial charge in [-0.05, 0) is 19.5 Å². The molecule has 0 bridgehead atoms. The van der Waals surface area contributed by atoms with Crippen LogP contribution in [0.1, 0.15) is 25.8 Å². The van der Waals surface area contributed by atoms with Gasteiger partial charge in [-0.15, -0.1) is 10.2 Å². The minimum atomic E-state index is -1.22. The van der Waals surface area contributed by atoms with Gasteiger partial charge in [-0.1, -0.05) is 6.92 Å². The molecule has 0 spiro atoms.